The van der Waals surface area contributed by atoms with E-state index in [4.69, 9.17) is 0 Å². The molecule has 0 spiro atoms. The molecule has 0 saturated carbocycles. The molecule has 1 heterocycles. The van der Waals surface area contributed by atoms with Crippen LogP contribution >= 0.6 is 0 Å². The summed E-state index contributed by atoms with van der Waals surface area (Å²) in [7, 11) is 0. The van der Waals surface area contributed by atoms with Gasteiger partial charge in [0.15, 0.2) is 0 Å². The second-order valence-corrected chi connectivity index (χ2v) is 5.16. The highest BCUT2D eigenvalue weighted by Crippen LogP contribution is 2.22. The summed E-state index contributed by atoms with van der Waals surface area (Å²) in [4.78, 5) is 2.49. The molecule has 94 valence electrons. The fourth-order valence-electron chi connectivity index (χ4n) is 2.64. The average Bonchev–Trinajstić information content (AvgIpc) is 2.63. The Balaban J connectivity index is 1.89. The van der Waals surface area contributed by atoms with Gasteiger partial charge in [0.05, 0.1) is 0 Å². The summed E-state index contributed by atoms with van der Waals surface area (Å²) in [6, 6.07) is 16.0. The molecule has 2 aromatic rings. The summed E-state index contributed by atoms with van der Waals surface area (Å²) in [5.74, 6) is 0. The van der Waals surface area contributed by atoms with Gasteiger partial charge in [-0.2, -0.15) is 0 Å². The van der Waals surface area contributed by atoms with Gasteiger partial charge < -0.3 is 10.2 Å². The Morgan fingerprint density at radius 2 is 1.89 bits per heavy atom. The lowest BCUT2D eigenvalue weighted by Gasteiger charge is -2.22. The van der Waals surface area contributed by atoms with E-state index < -0.39 is 0 Å². The van der Waals surface area contributed by atoms with Gasteiger partial charge in [-0.15, -0.1) is 0 Å². The van der Waals surface area contributed by atoms with Gasteiger partial charge in [-0.05, 0) is 36.2 Å². The Hall–Kier alpha value is -1.54. The van der Waals surface area contributed by atoms with E-state index in [0.717, 1.165) is 19.6 Å². The van der Waals surface area contributed by atoms with E-state index in [0.29, 0.717) is 6.04 Å². The van der Waals surface area contributed by atoms with Crippen LogP contribution in [0.1, 0.15) is 13.3 Å². The van der Waals surface area contributed by atoms with Crippen LogP contribution in [-0.4, -0.2) is 25.7 Å². The van der Waals surface area contributed by atoms with E-state index in [-0.39, 0.29) is 0 Å². The Labute approximate surface area is 109 Å². The molecule has 0 radical (unpaired) electrons. The fourth-order valence-corrected chi connectivity index (χ4v) is 2.64. The first-order valence-corrected chi connectivity index (χ1v) is 6.80. The number of fused-ring (bicyclic) bond motifs is 1. The number of nitrogens with zero attached hydrogens (tertiary/aromatic N) is 1. The normalized spacial score (nSPS) is 20.9. The van der Waals surface area contributed by atoms with Crippen molar-refractivity contribution in [2.45, 2.75) is 19.4 Å². The predicted octanol–water partition coefficient (Wildman–Crippen LogP) is 3.03. The SMILES string of the molecule is CC1CCN(c2ccc3ccccc3c2)CCN1. The third kappa shape index (κ3) is 2.34. The molecule has 1 saturated heterocycles. The molecule has 0 aromatic heterocycles. The van der Waals surface area contributed by atoms with E-state index in [1.54, 1.807) is 0 Å². The minimum absolute atomic E-state index is 0.635. The second-order valence-electron chi connectivity index (χ2n) is 5.16. The van der Waals surface area contributed by atoms with E-state index >= 15 is 0 Å². The highest BCUT2D eigenvalue weighted by Gasteiger charge is 2.13. The van der Waals surface area contributed by atoms with Gasteiger partial charge in [0.1, 0.15) is 0 Å². The summed E-state index contributed by atoms with van der Waals surface area (Å²) in [5.41, 5.74) is 1.35. The van der Waals surface area contributed by atoms with Crippen molar-refractivity contribution in [3.8, 4) is 0 Å². The van der Waals surface area contributed by atoms with Crippen molar-refractivity contribution in [2.24, 2.45) is 0 Å². The molecular weight excluding hydrogens is 220 g/mol. The first-order chi connectivity index (χ1) is 8.83. The highest BCUT2D eigenvalue weighted by atomic mass is 15.2. The number of anilines is 1. The summed E-state index contributed by atoms with van der Waals surface area (Å²) in [5, 5.41) is 6.20. The molecule has 1 fully saturated rings. The molecule has 2 heteroatoms. The zero-order valence-electron chi connectivity index (χ0n) is 10.9. The topological polar surface area (TPSA) is 15.3 Å². The van der Waals surface area contributed by atoms with Gasteiger partial charge >= 0.3 is 0 Å². The molecule has 1 N–H and O–H groups in total. The lowest BCUT2D eigenvalue weighted by molar-refractivity contribution is 0.566. The lowest BCUT2D eigenvalue weighted by Crippen LogP contribution is -2.28. The van der Waals surface area contributed by atoms with Crippen molar-refractivity contribution in [2.75, 3.05) is 24.5 Å². The number of rotatable bonds is 1. The average molecular weight is 240 g/mol. The maximum Gasteiger partial charge on any atom is 0.0373 e. The van der Waals surface area contributed by atoms with Crippen molar-refractivity contribution < 1.29 is 0 Å². The molecule has 0 amide bonds. The van der Waals surface area contributed by atoms with Gasteiger partial charge in [0.2, 0.25) is 0 Å². The monoisotopic (exact) mass is 240 g/mol. The molecule has 1 aliphatic rings. The summed E-state index contributed by atoms with van der Waals surface area (Å²) in [6.07, 6.45) is 1.22. The van der Waals surface area contributed by atoms with E-state index in [9.17, 15) is 0 Å². The summed E-state index contributed by atoms with van der Waals surface area (Å²) < 4.78 is 0. The Morgan fingerprint density at radius 1 is 1.06 bits per heavy atom. The van der Waals surface area contributed by atoms with Gasteiger partial charge in [-0.3, -0.25) is 0 Å². The van der Waals surface area contributed by atoms with Crippen LogP contribution in [0.5, 0.6) is 0 Å². The van der Waals surface area contributed by atoms with Crippen molar-refractivity contribution in [1.29, 1.82) is 0 Å². The van der Waals surface area contributed by atoms with Crippen LogP contribution in [0.2, 0.25) is 0 Å². The highest BCUT2D eigenvalue weighted by molar-refractivity contribution is 5.85. The minimum atomic E-state index is 0.635. The van der Waals surface area contributed by atoms with Crippen molar-refractivity contribution >= 4 is 16.5 Å². The maximum atomic E-state index is 3.54. The number of hydrogen-bond acceptors (Lipinski definition) is 2. The molecule has 2 nitrogen and oxygen atoms in total. The lowest BCUT2D eigenvalue weighted by atomic mass is 10.1. The zero-order valence-corrected chi connectivity index (χ0v) is 10.9. The Morgan fingerprint density at radius 3 is 2.78 bits per heavy atom. The van der Waals surface area contributed by atoms with Crippen molar-refractivity contribution in [3.05, 3.63) is 42.5 Å². The molecule has 2 aromatic carbocycles. The minimum Gasteiger partial charge on any atom is -0.370 e. The van der Waals surface area contributed by atoms with Gasteiger partial charge in [-0.25, -0.2) is 0 Å². The first-order valence-electron chi connectivity index (χ1n) is 6.80. The largest absolute Gasteiger partial charge is 0.370 e. The number of benzene rings is 2. The van der Waals surface area contributed by atoms with E-state index in [2.05, 4.69) is 59.6 Å². The predicted molar refractivity (Wildman–Crippen MR) is 78.2 cm³/mol. The molecule has 1 atom stereocenters. The number of hydrogen-bond donors (Lipinski definition) is 1. The fraction of sp³-hybridized carbons (Fsp3) is 0.375. The van der Waals surface area contributed by atoms with E-state index in [1.807, 2.05) is 0 Å². The van der Waals surface area contributed by atoms with Gasteiger partial charge in [0.25, 0.3) is 0 Å². The van der Waals surface area contributed by atoms with Crippen molar-refractivity contribution in [1.82, 2.24) is 5.32 Å². The molecule has 1 unspecified atom stereocenters. The van der Waals surface area contributed by atoms with Crippen LogP contribution < -0.4 is 10.2 Å². The maximum absolute atomic E-state index is 3.54. The molecule has 0 bridgehead atoms. The van der Waals surface area contributed by atoms with Crippen LogP contribution in [0.25, 0.3) is 10.8 Å². The molecule has 0 aliphatic carbocycles. The first kappa shape index (κ1) is 11.5. The van der Waals surface area contributed by atoms with Crippen molar-refractivity contribution in [3.63, 3.8) is 0 Å². The second kappa shape index (κ2) is 4.99. The Bertz CT molecular complexity index is 535. The van der Waals surface area contributed by atoms with Crippen LogP contribution in [0.15, 0.2) is 42.5 Å². The summed E-state index contributed by atoms with van der Waals surface area (Å²) >= 11 is 0. The standard InChI is InChI=1S/C16H20N2/c1-13-8-10-18(11-9-17-13)16-7-6-14-4-2-3-5-15(14)12-16/h2-7,12-13,17H,8-11H2,1H3. The Kier molecular flexibility index (Phi) is 3.20. The smallest absolute Gasteiger partial charge is 0.0373 e. The molecule has 18 heavy (non-hydrogen) atoms. The van der Waals surface area contributed by atoms with Crippen LogP contribution in [0, 0.1) is 0 Å². The van der Waals surface area contributed by atoms with Gasteiger partial charge in [-0.1, -0.05) is 30.3 Å². The van der Waals surface area contributed by atoms with Crippen LogP contribution in [0.4, 0.5) is 5.69 Å². The number of nitrogens with one attached hydrogen (secondary N) is 1. The third-order valence-electron chi connectivity index (χ3n) is 3.80. The van der Waals surface area contributed by atoms with Gasteiger partial charge in [0, 0.05) is 31.4 Å². The summed E-state index contributed by atoms with van der Waals surface area (Å²) in [6.45, 7) is 5.59. The van der Waals surface area contributed by atoms with Crippen LogP contribution in [-0.2, 0) is 0 Å². The third-order valence-corrected chi connectivity index (χ3v) is 3.80. The van der Waals surface area contributed by atoms with E-state index in [1.165, 1.54) is 22.9 Å². The zero-order chi connectivity index (χ0) is 12.4. The quantitative estimate of drug-likeness (QED) is 0.824. The molecule has 1 aliphatic heterocycles. The molecule has 3 rings (SSSR count). The van der Waals surface area contributed by atoms with Crippen LogP contribution in [0.3, 0.4) is 0 Å². The molecular formula is C16H20N2.